The Kier molecular flexibility index (Phi) is 9.04. The Morgan fingerprint density at radius 1 is 1.14 bits per heavy atom. The summed E-state index contributed by atoms with van der Waals surface area (Å²) in [4.78, 5) is 30.9. The zero-order chi connectivity index (χ0) is 20.3. The smallest absolute Gasteiger partial charge is 0.227 e. The monoisotopic (exact) mass is 463 g/mol. The number of likely N-dealkylation sites (tertiary alicyclic amines) is 1. The maximum Gasteiger partial charge on any atom is 0.227 e. The van der Waals surface area contributed by atoms with Gasteiger partial charge in [-0.15, -0.1) is 12.4 Å². The Labute approximate surface area is 188 Å². The van der Waals surface area contributed by atoms with Crippen molar-refractivity contribution in [2.24, 2.45) is 0 Å². The minimum Gasteiger partial charge on any atom is -0.395 e. The van der Waals surface area contributed by atoms with Crippen LogP contribution in [-0.4, -0.2) is 83.0 Å². The molecular weight excluding hydrogens is 437 g/mol. The summed E-state index contributed by atoms with van der Waals surface area (Å²) >= 11 is 12.0. The number of aliphatic hydroxyl groups excluding tert-OH is 1. The summed E-state index contributed by atoms with van der Waals surface area (Å²) in [5, 5.41) is 10.5. The highest BCUT2D eigenvalue weighted by Gasteiger charge is 2.35. The van der Waals surface area contributed by atoms with Gasteiger partial charge in [-0.05, 0) is 37.1 Å². The number of hydrogen-bond acceptors (Lipinski definition) is 4. The summed E-state index contributed by atoms with van der Waals surface area (Å²) < 4.78 is 0. The Hall–Kier alpha value is -1.05. The third-order valence-electron chi connectivity index (χ3n) is 5.74. The van der Waals surface area contributed by atoms with Gasteiger partial charge in [0.2, 0.25) is 11.8 Å². The molecule has 2 saturated heterocycles. The van der Waals surface area contributed by atoms with Crippen molar-refractivity contribution < 1.29 is 14.7 Å². The predicted molar refractivity (Wildman–Crippen MR) is 117 cm³/mol. The molecule has 0 saturated carbocycles. The van der Waals surface area contributed by atoms with E-state index >= 15 is 0 Å². The van der Waals surface area contributed by atoms with Crippen LogP contribution in [0, 0.1) is 0 Å². The van der Waals surface area contributed by atoms with E-state index in [1.807, 2.05) is 11.0 Å². The van der Waals surface area contributed by atoms with E-state index in [2.05, 4.69) is 4.90 Å². The molecule has 2 atom stereocenters. The molecular formula is C20H28Cl3N3O3. The first kappa shape index (κ1) is 24.2. The van der Waals surface area contributed by atoms with Crippen LogP contribution < -0.4 is 0 Å². The van der Waals surface area contributed by atoms with Gasteiger partial charge in [0.1, 0.15) is 0 Å². The molecule has 162 valence electrons. The number of carbonyl (C=O) groups is 2. The van der Waals surface area contributed by atoms with Crippen LogP contribution in [0.15, 0.2) is 18.2 Å². The first-order chi connectivity index (χ1) is 13.4. The van der Waals surface area contributed by atoms with E-state index < -0.39 is 0 Å². The van der Waals surface area contributed by atoms with Crippen molar-refractivity contribution in [3.05, 3.63) is 33.8 Å². The highest BCUT2D eigenvalue weighted by atomic mass is 35.5. The average Bonchev–Trinajstić information content (AvgIpc) is 3.11. The van der Waals surface area contributed by atoms with Gasteiger partial charge in [-0.2, -0.15) is 0 Å². The fraction of sp³-hybridized carbons (Fsp3) is 0.600. The van der Waals surface area contributed by atoms with Crippen molar-refractivity contribution in [2.75, 3.05) is 39.3 Å². The SMILES string of the molecule is CC(=O)N1CCN(C(=O)Cc2ccc(Cl)c(Cl)c2)C(CN2CCCC2CO)C1.Cl. The molecule has 1 aromatic carbocycles. The van der Waals surface area contributed by atoms with Crippen LogP contribution in [0.4, 0.5) is 0 Å². The second-order valence-electron chi connectivity index (χ2n) is 7.60. The van der Waals surface area contributed by atoms with Gasteiger partial charge in [0.15, 0.2) is 0 Å². The van der Waals surface area contributed by atoms with E-state index in [0.717, 1.165) is 24.9 Å². The molecule has 0 aliphatic carbocycles. The van der Waals surface area contributed by atoms with Crippen molar-refractivity contribution in [2.45, 2.75) is 38.3 Å². The lowest BCUT2D eigenvalue weighted by Gasteiger charge is -2.43. The molecule has 0 spiro atoms. The molecule has 2 fully saturated rings. The van der Waals surface area contributed by atoms with Crippen LogP contribution in [0.1, 0.15) is 25.3 Å². The first-order valence-electron chi connectivity index (χ1n) is 9.73. The van der Waals surface area contributed by atoms with Gasteiger partial charge in [-0.25, -0.2) is 0 Å². The summed E-state index contributed by atoms with van der Waals surface area (Å²) in [5.41, 5.74) is 0.821. The van der Waals surface area contributed by atoms with E-state index in [1.165, 1.54) is 0 Å². The summed E-state index contributed by atoms with van der Waals surface area (Å²) in [5.74, 6) is 0.0491. The van der Waals surface area contributed by atoms with Crippen molar-refractivity contribution >= 4 is 47.4 Å². The number of hydrogen-bond donors (Lipinski definition) is 1. The van der Waals surface area contributed by atoms with E-state index in [0.29, 0.717) is 36.2 Å². The molecule has 2 aliphatic rings. The maximum absolute atomic E-state index is 13.1. The summed E-state index contributed by atoms with van der Waals surface area (Å²) in [7, 11) is 0. The van der Waals surface area contributed by atoms with Gasteiger partial charge in [0.25, 0.3) is 0 Å². The lowest BCUT2D eigenvalue weighted by atomic mass is 10.1. The number of halogens is 3. The Morgan fingerprint density at radius 3 is 2.55 bits per heavy atom. The van der Waals surface area contributed by atoms with Gasteiger partial charge in [-0.1, -0.05) is 29.3 Å². The number of piperazine rings is 1. The quantitative estimate of drug-likeness (QED) is 0.727. The lowest BCUT2D eigenvalue weighted by molar-refractivity contribution is -0.142. The fourth-order valence-corrected chi connectivity index (χ4v) is 4.49. The summed E-state index contributed by atoms with van der Waals surface area (Å²) in [6.45, 7) is 4.86. The van der Waals surface area contributed by atoms with Crippen molar-refractivity contribution in [1.29, 1.82) is 0 Å². The lowest BCUT2D eigenvalue weighted by Crippen LogP contribution is -2.60. The molecule has 1 N–H and O–H groups in total. The molecule has 0 aromatic heterocycles. The molecule has 29 heavy (non-hydrogen) atoms. The highest BCUT2D eigenvalue weighted by Crippen LogP contribution is 2.24. The van der Waals surface area contributed by atoms with E-state index in [9.17, 15) is 14.7 Å². The Balaban J connectivity index is 0.00000300. The molecule has 2 aliphatic heterocycles. The minimum absolute atomic E-state index is 0. The second kappa shape index (κ2) is 10.8. The molecule has 0 bridgehead atoms. The zero-order valence-electron chi connectivity index (χ0n) is 16.5. The summed E-state index contributed by atoms with van der Waals surface area (Å²) in [6.07, 6.45) is 2.26. The fourth-order valence-electron chi connectivity index (χ4n) is 4.16. The van der Waals surface area contributed by atoms with Crippen LogP contribution in [0.25, 0.3) is 0 Å². The normalized spacial score (nSPS) is 22.5. The van der Waals surface area contributed by atoms with E-state index in [4.69, 9.17) is 23.2 Å². The van der Waals surface area contributed by atoms with Gasteiger partial charge >= 0.3 is 0 Å². The summed E-state index contributed by atoms with van der Waals surface area (Å²) in [6, 6.07) is 5.30. The van der Waals surface area contributed by atoms with Crippen LogP contribution in [0.3, 0.4) is 0 Å². The van der Waals surface area contributed by atoms with Gasteiger partial charge in [0, 0.05) is 39.1 Å². The number of nitrogens with zero attached hydrogens (tertiary/aromatic N) is 3. The third kappa shape index (κ3) is 5.98. The number of amides is 2. The first-order valence-corrected chi connectivity index (χ1v) is 10.5. The van der Waals surface area contributed by atoms with Crippen molar-refractivity contribution in [3.8, 4) is 0 Å². The number of carbonyl (C=O) groups excluding carboxylic acids is 2. The molecule has 2 heterocycles. The van der Waals surface area contributed by atoms with Crippen molar-refractivity contribution in [1.82, 2.24) is 14.7 Å². The molecule has 2 unspecified atom stereocenters. The van der Waals surface area contributed by atoms with Crippen LogP contribution in [0.5, 0.6) is 0 Å². The van der Waals surface area contributed by atoms with Gasteiger partial charge < -0.3 is 14.9 Å². The Bertz CT molecular complexity index is 734. The predicted octanol–water partition coefficient (Wildman–Crippen LogP) is 2.47. The molecule has 2 amide bonds. The highest BCUT2D eigenvalue weighted by molar-refractivity contribution is 6.42. The largest absolute Gasteiger partial charge is 0.395 e. The minimum atomic E-state index is -0.0833. The zero-order valence-corrected chi connectivity index (χ0v) is 18.8. The molecule has 3 rings (SSSR count). The molecule has 1 aromatic rings. The molecule has 0 radical (unpaired) electrons. The van der Waals surface area contributed by atoms with Gasteiger partial charge in [-0.3, -0.25) is 14.5 Å². The van der Waals surface area contributed by atoms with E-state index in [-0.39, 0.29) is 49.3 Å². The van der Waals surface area contributed by atoms with Crippen LogP contribution >= 0.6 is 35.6 Å². The standard InChI is InChI=1S/C20H27Cl2N3O3.ClH/c1-14(27)23-7-8-25(17(11-23)12-24-6-2-3-16(24)13-26)20(28)10-15-4-5-18(21)19(22)9-15;/h4-5,9,16-17,26H,2-3,6-8,10-13H2,1H3;1H. The van der Waals surface area contributed by atoms with E-state index in [1.54, 1.807) is 24.0 Å². The average molecular weight is 465 g/mol. The third-order valence-corrected chi connectivity index (χ3v) is 6.48. The topological polar surface area (TPSA) is 64.1 Å². The Morgan fingerprint density at radius 2 is 1.90 bits per heavy atom. The number of rotatable bonds is 5. The number of aliphatic hydroxyl groups is 1. The number of benzene rings is 1. The van der Waals surface area contributed by atoms with Crippen LogP contribution in [-0.2, 0) is 16.0 Å². The molecule has 6 nitrogen and oxygen atoms in total. The molecule has 9 heteroatoms. The van der Waals surface area contributed by atoms with Gasteiger partial charge in [0.05, 0.1) is 29.1 Å². The second-order valence-corrected chi connectivity index (χ2v) is 8.42. The van der Waals surface area contributed by atoms with Crippen LogP contribution in [0.2, 0.25) is 10.0 Å². The maximum atomic E-state index is 13.1. The van der Waals surface area contributed by atoms with Crippen molar-refractivity contribution in [3.63, 3.8) is 0 Å².